The van der Waals surface area contributed by atoms with Gasteiger partial charge in [0.05, 0.1) is 0 Å². The van der Waals surface area contributed by atoms with Gasteiger partial charge in [-0.15, -0.1) is 23.5 Å². The van der Waals surface area contributed by atoms with Gasteiger partial charge < -0.3 is 10.2 Å². The van der Waals surface area contributed by atoms with Crippen LogP contribution in [-0.2, 0) is 0 Å². The summed E-state index contributed by atoms with van der Waals surface area (Å²) < 4.78 is 0. The highest BCUT2D eigenvalue weighted by atomic mass is 32.2. The molecule has 0 amide bonds. The molecule has 0 aliphatic carbocycles. The summed E-state index contributed by atoms with van der Waals surface area (Å²) in [6.45, 7) is 0. The molecule has 0 spiro atoms. The molecule has 48 valence electrons. The second-order valence-corrected chi connectivity index (χ2v) is 3.97. The Bertz CT molecular complexity index is 68.4. The van der Waals surface area contributed by atoms with Crippen molar-refractivity contribution in [1.29, 1.82) is 0 Å². The number of hydrogen-bond acceptors (Lipinski definition) is 4. The van der Waals surface area contributed by atoms with Crippen LogP contribution in [0.2, 0.25) is 0 Å². The molecule has 2 atom stereocenters. The molecular weight excluding hydrogens is 144 g/mol. The third kappa shape index (κ3) is 1.55. The smallest absolute Gasteiger partial charge is 0.135 e. The summed E-state index contributed by atoms with van der Waals surface area (Å²) in [4.78, 5) is 0. The maximum Gasteiger partial charge on any atom is 0.135 e. The van der Waals surface area contributed by atoms with E-state index in [0.29, 0.717) is 0 Å². The highest BCUT2D eigenvalue weighted by Gasteiger charge is 2.20. The van der Waals surface area contributed by atoms with Gasteiger partial charge in [-0.25, -0.2) is 0 Å². The Morgan fingerprint density at radius 1 is 1.00 bits per heavy atom. The van der Waals surface area contributed by atoms with Crippen molar-refractivity contribution in [3.8, 4) is 0 Å². The van der Waals surface area contributed by atoms with Gasteiger partial charge >= 0.3 is 0 Å². The number of hydrogen-bond donors (Lipinski definition) is 2. The van der Waals surface area contributed by atoms with Crippen molar-refractivity contribution in [3.63, 3.8) is 0 Å². The standard InChI is InChI=1S/C4H8O2S2/c5-3-4(6)8-2-1-7-3/h3-6H,1-2H2. The first kappa shape index (κ1) is 6.74. The van der Waals surface area contributed by atoms with E-state index in [4.69, 9.17) is 10.2 Å². The van der Waals surface area contributed by atoms with Gasteiger partial charge in [0.25, 0.3) is 0 Å². The lowest BCUT2D eigenvalue weighted by Crippen LogP contribution is -2.24. The second-order valence-electron chi connectivity index (χ2n) is 1.52. The minimum absolute atomic E-state index is 0.561. The van der Waals surface area contributed by atoms with Crippen LogP contribution in [0.1, 0.15) is 0 Å². The molecule has 2 unspecified atom stereocenters. The Morgan fingerprint density at radius 2 is 1.38 bits per heavy atom. The van der Waals surface area contributed by atoms with E-state index in [0.717, 1.165) is 11.5 Å². The van der Waals surface area contributed by atoms with Gasteiger partial charge in [-0.3, -0.25) is 0 Å². The van der Waals surface area contributed by atoms with Crippen molar-refractivity contribution in [2.24, 2.45) is 0 Å². The molecule has 0 aromatic heterocycles. The lowest BCUT2D eigenvalue weighted by Gasteiger charge is -2.21. The molecule has 0 aromatic carbocycles. The quantitative estimate of drug-likeness (QED) is 0.516. The Balaban J connectivity index is 2.28. The maximum absolute atomic E-state index is 8.87. The predicted molar refractivity (Wildman–Crippen MR) is 36.9 cm³/mol. The van der Waals surface area contributed by atoms with Crippen LogP contribution in [0, 0.1) is 0 Å². The first-order chi connectivity index (χ1) is 3.80. The summed E-state index contributed by atoms with van der Waals surface area (Å²) in [6, 6.07) is 0. The van der Waals surface area contributed by atoms with E-state index in [1.165, 1.54) is 23.5 Å². The topological polar surface area (TPSA) is 40.5 Å². The van der Waals surface area contributed by atoms with Gasteiger partial charge in [-0.1, -0.05) is 0 Å². The largest absolute Gasteiger partial charge is 0.379 e. The van der Waals surface area contributed by atoms with Gasteiger partial charge in [-0.2, -0.15) is 0 Å². The average molecular weight is 152 g/mol. The molecule has 1 fully saturated rings. The summed E-state index contributed by atoms with van der Waals surface area (Å²) in [5.74, 6) is 1.89. The number of rotatable bonds is 0. The Kier molecular flexibility index (Phi) is 2.49. The van der Waals surface area contributed by atoms with E-state index >= 15 is 0 Å². The Hall–Kier alpha value is 0.620. The molecule has 8 heavy (non-hydrogen) atoms. The molecule has 0 aromatic rings. The van der Waals surface area contributed by atoms with Crippen LogP contribution in [0.15, 0.2) is 0 Å². The van der Waals surface area contributed by atoms with Gasteiger partial charge in [0.15, 0.2) is 0 Å². The van der Waals surface area contributed by atoms with E-state index in [2.05, 4.69) is 0 Å². The lowest BCUT2D eigenvalue weighted by atomic mass is 10.8. The van der Waals surface area contributed by atoms with Crippen molar-refractivity contribution in [3.05, 3.63) is 0 Å². The lowest BCUT2D eigenvalue weighted by molar-refractivity contribution is 0.135. The third-order valence-corrected chi connectivity index (χ3v) is 3.41. The fourth-order valence-electron chi connectivity index (χ4n) is 0.502. The molecule has 1 aliphatic heterocycles. The zero-order chi connectivity index (χ0) is 5.98. The van der Waals surface area contributed by atoms with Crippen LogP contribution in [0.3, 0.4) is 0 Å². The van der Waals surface area contributed by atoms with Gasteiger partial charge in [0.2, 0.25) is 0 Å². The minimum atomic E-state index is -0.561. The fraction of sp³-hybridized carbons (Fsp3) is 1.00. The highest BCUT2D eigenvalue weighted by molar-refractivity contribution is 8.06. The molecule has 0 radical (unpaired) electrons. The maximum atomic E-state index is 8.87. The van der Waals surface area contributed by atoms with E-state index in [-0.39, 0.29) is 0 Å². The van der Waals surface area contributed by atoms with Gasteiger partial charge in [0.1, 0.15) is 10.9 Å². The molecule has 2 N–H and O–H groups in total. The molecule has 0 bridgehead atoms. The summed E-state index contributed by atoms with van der Waals surface area (Å²) in [5, 5.41) is 17.7. The van der Waals surface area contributed by atoms with E-state index in [1.54, 1.807) is 0 Å². The van der Waals surface area contributed by atoms with Gasteiger partial charge in [-0.05, 0) is 0 Å². The summed E-state index contributed by atoms with van der Waals surface area (Å²) in [5.41, 5.74) is -1.12. The minimum Gasteiger partial charge on any atom is -0.379 e. The van der Waals surface area contributed by atoms with Crippen molar-refractivity contribution in [1.82, 2.24) is 0 Å². The average Bonchev–Trinajstić information content (AvgIpc) is 1.77. The van der Waals surface area contributed by atoms with E-state index in [1.807, 2.05) is 0 Å². The highest BCUT2D eigenvalue weighted by Crippen LogP contribution is 2.27. The molecule has 0 saturated carbocycles. The van der Waals surface area contributed by atoms with Crippen LogP contribution < -0.4 is 0 Å². The van der Waals surface area contributed by atoms with E-state index < -0.39 is 10.9 Å². The van der Waals surface area contributed by atoms with Crippen molar-refractivity contribution < 1.29 is 10.2 Å². The molecule has 1 aliphatic rings. The van der Waals surface area contributed by atoms with Crippen molar-refractivity contribution >= 4 is 23.5 Å². The molecule has 1 saturated heterocycles. The Morgan fingerprint density at radius 3 is 1.62 bits per heavy atom. The Labute approximate surface area is 56.7 Å². The summed E-state index contributed by atoms with van der Waals surface area (Å²) in [7, 11) is 0. The SMILES string of the molecule is OC1SCCSC1O. The number of aliphatic hydroxyl groups is 2. The van der Waals surface area contributed by atoms with Crippen LogP contribution in [0.4, 0.5) is 0 Å². The molecule has 4 heteroatoms. The van der Waals surface area contributed by atoms with Crippen LogP contribution in [0.25, 0.3) is 0 Å². The first-order valence-corrected chi connectivity index (χ1v) is 4.50. The fourth-order valence-corrected chi connectivity index (χ4v) is 2.56. The molecular formula is C4H8O2S2. The van der Waals surface area contributed by atoms with Crippen molar-refractivity contribution in [2.45, 2.75) is 10.9 Å². The normalized spacial score (nSPS) is 39.8. The monoisotopic (exact) mass is 152 g/mol. The van der Waals surface area contributed by atoms with Crippen LogP contribution in [0.5, 0.6) is 0 Å². The third-order valence-electron chi connectivity index (χ3n) is 0.904. The summed E-state index contributed by atoms with van der Waals surface area (Å²) >= 11 is 2.82. The van der Waals surface area contributed by atoms with Gasteiger partial charge in [0, 0.05) is 11.5 Å². The van der Waals surface area contributed by atoms with Crippen LogP contribution in [-0.4, -0.2) is 32.6 Å². The molecule has 1 heterocycles. The zero-order valence-electron chi connectivity index (χ0n) is 4.28. The predicted octanol–water partition coefficient (Wildman–Crippen LogP) is 0.103. The zero-order valence-corrected chi connectivity index (χ0v) is 5.91. The number of thioether (sulfide) groups is 2. The van der Waals surface area contributed by atoms with Crippen molar-refractivity contribution in [2.75, 3.05) is 11.5 Å². The molecule has 1 rings (SSSR count). The second kappa shape index (κ2) is 2.96. The summed E-state index contributed by atoms with van der Waals surface area (Å²) in [6.07, 6.45) is 0. The van der Waals surface area contributed by atoms with E-state index in [9.17, 15) is 0 Å². The van der Waals surface area contributed by atoms with Crippen LogP contribution >= 0.6 is 23.5 Å². The first-order valence-electron chi connectivity index (χ1n) is 2.40. The number of aliphatic hydroxyl groups excluding tert-OH is 2. The molecule has 2 nitrogen and oxygen atoms in total.